The number of halogens is 1. The molecule has 134 valence electrons. The number of nitrogens with zero attached hydrogens (tertiary/aromatic N) is 2. The van der Waals surface area contributed by atoms with Crippen LogP contribution in [0, 0.1) is 20.8 Å². The van der Waals surface area contributed by atoms with Crippen LogP contribution >= 0.6 is 11.6 Å². The van der Waals surface area contributed by atoms with Crippen LogP contribution in [0.5, 0.6) is 11.5 Å². The molecule has 2 heterocycles. The average molecular weight is 369 g/mol. The van der Waals surface area contributed by atoms with Gasteiger partial charge in [-0.15, -0.1) is 0 Å². The molecule has 1 fully saturated rings. The topological polar surface area (TPSA) is 39.6 Å². The molecule has 0 bridgehead atoms. The molecule has 1 unspecified atom stereocenters. The van der Waals surface area contributed by atoms with E-state index in [0.29, 0.717) is 18.2 Å². The van der Waals surface area contributed by atoms with Gasteiger partial charge in [-0.1, -0.05) is 35.4 Å². The van der Waals surface area contributed by atoms with Crippen molar-refractivity contribution in [2.24, 2.45) is 0 Å². The number of ether oxygens (including phenoxy) is 2. The fraction of sp³-hybridized carbons (Fsp3) is 0.286. The van der Waals surface area contributed by atoms with Gasteiger partial charge in [-0.25, -0.2) is 0 Å². The van der Waals surface area contributed by atoms with Crippen molar-refractivity contribution in [3.8, 4) is 11.5 Å². The molecule has 1 saturated heterocycles. The van der Waals surface area contributed by atoms with E-state index in [2.05, 4.69) is 38.0 Å². The first kappa shape index (κ1) is 17.1. The van der Waals surface area contributed by atoms with E-state index in [-0.39, 0.29) is 0 Å². The van der Waals surface area contributed by atoms with Gasteiger partial charge in [0.05, 0.1) is 18.2 Å². The monoisotopic (exact) mass is 368 g/mol. The summed E-state index contributed by atoms with van der Waals surface area (Å²) in [5.41, 5.74) is 4.04. The Balaban J connectivity index is 1.59. The number of benzene rings is 2. The summed E-state index contributed by atoms with van der Waals surface area (Å²) in [5, 5.41) is 4.91. The SMILES string of the molecule is Cc1cc(C)c(Oc2ccc(C3(Cn4cccn4)CO3)c(Cl)c2)c(C)c1. The minimum Gasteiger partial charge on any atom is -0.457 e. The number of aryl methyl sites for hydroxylation is 3. The van der Waals surface area contributed by atoms with Crippen LogP contribution in [0.2, 0.25) is 5.02 Å². The number of rotatable bonds is 5. The van der Waals surface area contributed by atoms with Crippen molar-refractivity contribution < 1.29 is 9.47 Å². The van der Waals surface area contributed by atoms with Crippen LogP contribution in [-0.2, 0) is 16.9 Å². The van der Waals surface area contributed by atoms with Gasteiger partial charge in [-0.2, -0.15) is 5.10 Å². The summed E-state index contributed by atoms with van der Waals surface area (Å²) in [7, 11) is 0. The van der Waals surface area contributed by atoms with Gasteiger partial charge in [-0.3, -0.25) is 4.68 Å². The third kappa shape index (κ3) is 3.22. The van der Waals surface area contributed by atoms with Crippen molar-refractivity contribution in [3.63, 3.8) is 0 Å². The number of aromatic nitrogens is 2. The maximum absolute atomic E-state index is 6.58. The molecule has 0 N–H and O–H groups in total. The van der Waals surface area contributed by atoms with E-state index in [9.17, 15) is 0 Å². The Morgan fingerprint density at radius 2 is 1.92 bits per heavy atom. The fourth-order valence-electron chi connectivity index (χ4n) is 3.45. The first-order valence-electron chi connectivity index (χ1n) is 8.64. The van der Waals surface area contributed by atoms with Crippen molar-refractivity contribution in [2.75, 3.05) is 6.61 Å². The summed E-state index contributed by atoms with van der Waals surface area (Å²) in [6.45, 7) is 7.49. The smallest absolute Gasteiger partial charge is 0.137 e. The molecule has 0 spiro atoms. The summed E-state index contributed by atoms with van der Waals surface area (Å²) in [6.07, 6.45) is 3.69. The van der Waals surface area contributed by atoms with E-state index in [1.165, 1.54) is 5.56 Å². The number of hydrogen-bond acceptors (Lipinski definition) is 3. The summed E-state index contributed by atoms with van der Waals surface area (Å²) in [5.74, 6) is 1.61. The lowest BCUT2D eigenvalue weighted by molar-refractivity contribution is 0.269. The van der Waals surface area contributed by atoms with Gasteiger partial charge in [0.2, 0.25) is 0 Å². The van der Waals surface area contributed by atoms with Gasteiger partial charge in [0.15, 0.2) is 0 Å². The lowest BCUT2D eigenvalue weighted by Crippen LogP contribution is -2.18. The van der Waals surface area contributed by atoms with Gasteiger partial charge in [0, 0.05) is 18.0 Å². The molecule has 1 aliphatic rings. The Morgan fingerprint density at radius 1 is 1.19 bits per heavy atom. The number of epoxide rings is 1. The van der Waals surface area contributed by atoms with E-state index < -0.39 is 5.60 Å². The van der Waals surface area contributed by atoms with Crippen LogP contribution in [-0.4, -0.2) is 16.4 Å². The third-order valence-corrected chi connectivity index (χ3v) is 5.04. The highest BCUT2D eigenvalue weighted by Crippen LogP contribution is 2.45. The standard InChI is InChI=1S/C21H21ClN2O2/c1-14-9-15(2)20(16(3)10-14)26-17-5-6-18(19(22)11-17)21(13-25-21)12-24-8-4-7-23-24/h4-11H,12-13H2,1-3H3. The van der Waals surface area contributed by atoms with Crippen LogP contribution in [0.25, 0.3) is 0 Å². The maximum Gasteiger partial charge on any atom is 0.137 e. The van der Waals surface area contributed by atoms with Gasteiger partial charge >= 0.3 is 0 Å². The van der Waals surface area contributed by atoms with Crippen LogP contribution in [0.4, 0.5) is 0 Å². The molecule has 5 heteroatoms. The Hall–Kier alpha value is -2.30. The zero-order valence-electron chi connectivity index (χ0n) is 15.1. The normalized spacial score (nSPS) is 18.8. The van der Waals surface area contributed by atoms with Crippen molar-refractivity contribution in [1.82, 2.24) is 9.78 Å². The van der Waals surface area contributed by atoms with Gasteiger partial charge in [0.1, 0.15) is 17.1 Å². The zero-order valence-corrected chi connectivity index (χ0v) is 15.9. The summed E-state index contributed by atoms with van der Waals surface area (Å²) >= 11 is 6.58. The van der Waals surface area contributed by atoms with Gasteiger partial charge in [0.25, 0.3) is 0 Å². The summed E-state index contributed by atoms with van der Waals surface area (Å²) in [6, 6.07) is 12.0. The molecule has 0 radical (unpaired) electrons. The van der Waals surface area contributed by atoms with Crippen LogP contribution in [0.3, 0.4) is 0 Å². The fourth-order valence-corrected chi connectivity index (χ4v) is 3.79. The molecule has 0 aliphatic carbocycles. The quantitative estimate of drug-likeness (QED) is 0.582. The second-order valence-electron chi connectivity index (χ2n) is 6.96. The van der Waals surface area contributed by atoms with Crippen LogP contribution in [0.1, 0.15) is 22.3 Å². The molecule has 1 aromatic heterocycles. The molecule has 4 nitrogen and oxygen atoms in total. The molecule has 1 aliphatic heterocycles. The first-order chi connectivity index (χ1) is 12.5. The second-order valence-corrected chi connectivity index (χ2v) is 7.37. The predicted octanol–water partition coefficient (Wildman–Crippen LogP) is 5.18. The highest BCUT2D eigenvalue weighted by molar-refractivity contribution is 6.31. The van der Waals surface area contributed by atoms with Gasteiger partial charge in [-0.05, 0) is 50.1 Å². The van der Waals surface area contributed by atoms with Crippen LogP contribution in [0.15, 0.2) is 48.8 Å². The van der Waals surface area contributed by atoms with Crippen LogP contribution < -0.4 is 4.74 Å². The highest BCUT2D eigenvalue weighted by atomic mass is 35.5. The van der Waals surface area contributed by atoms with E-state index >= 15 is 0 Å². The molecule has 0 saturated carbocycles. The molecule has 4 rings (SSSR count). The minimum atomic E-state index is -0.392. The lowest BCUT2D eigenvalue weighted by Gasteiger charge is -2.17. The highest BCUT2D eigenvalue weighted by Gasteiger charge is 2.48. The molecule has 26 heavy (non-hydrogen) atoms. The van der Waals surface area contributed by atoms with Crippen molar-refractivity contribution in [3.05, 3.63) is 76.1 Å². The minimum absolute atomic E-state index is 0.392. The Kier molecular flexibility index (Phi) is 4.25. The molecular formula is C21H21ClN2O2. The van der Waals surface area contributed by atoms with E-state index in [1.54, 1.807) is 6.20 Å². The van der Waals surface area contributed by atoms with E-state index in [1.807, 2.05) is 35.1 Å². The van der Waals surface area contributed by atoms with Crippen molar-refractivity contribution >= 4 is 11.6 Å². The summed E-state index contributed by atoms with van der Waals surface area (Å²) < 4.78 is 13.8. The molecular weight excluding hydrogens is 348 g/mol. The second kappa shape index (κ2) is 6.45. The first-order valence-corrected chi connectivity index (χ1v) is 9.02. The van der Waals surface area contributed by atoms with E-state index in [0.717, 1.165) is 28.2 Å². The van der Waals surface area contributed by atoms with Gasteiger partial charge < -0.3 is 9.47 Å². The Morgan fingerprint density at radius 3 is 2.50 bits per heavy atom. The van der Waals surface area contributed by atoms with Crippen molar-refractivity contribution in [1.29, 1.82) is 0 Å². The summed E-state index contributed by atoms with van der Waals surface area (Å²) in [4.78, 5) is 0. The third-order valence-electron chi connectivity index (χ3n) is 4.73. The molecule has 0 amide bonds. The maximum atomic E-state index is 6.58. The molecule has 1 atom stereocenters. The zero-order chi connectivity index (χ0) is 18.3. The molecule has 2 aromatic carbocycles. The van der Waals surface area contributed by atoms with E-state index in [4.69, 9.17) is 21.1 Å². The predicted molar refractivity (Wildman–Crippen MR) is 102 cm³/mol. The lowest BCUT2D eigenvalue weighted by atomic mass is 9.99. The largest absolute Gasteiger partial charge is 0.457 e. The average Bonchev–Trinajstić information content (AvgIpc) is 3.16. The Labute approximate surface area is 158 Å². The van der Waals surface area contributed by atoms with Crippen molar-refractivity contribution in [2.45, 2.75) is 32.9 Å². The molecule has 3 aromatic rings. The number of hydrogen-bond donors (Lipinski definition) is 0. The Bertz CT molecular complexity index is 924.